The molecule has 2 aliphatic heterocycles. The molecule has 0 aromatic rings. The third-order valence-corrected chi connectivity index (χ3v) is 3.54. The Bertz CT molecular complexity index is 249. The first-order valence-electron chi connectivity index (χ1n) is 6.38. The molecule has 0 aromatic heterocycles. The van der Waals surface area contributed by atoms with Crippen LogP contribution < -0.4 is 5.32 Å². The fourth-order valence-corrected chi connectivity index (χ4v) is 2.37. The zero-order chi connectivity index (χ0) is 11.5. The van der Waals surface area contributed by atoms with Crippen molar-refractivity contribution < 1.29 is 4.79 Å². The molecule has 92 valence electrons. The van der Waals surface area contributed by atoms with Gasteiger partial charge in [0.15, 0.2) is 0 Å². The van der Waals surface area contributed by atoms with Gasteiger partial charge in [-0.15, -0.1) is 0 Å². The van der Waals surface area contributed by atoms with Crippen LogP contribution in [-0.4, -0.2) is 61.0 Å². The lowest BCUT2D eigenvalue weighted by atomic mass is 10.0. The predicted molar refractivity (Wildman–Crippen MR) is 64.3 cm³/mol. The molecule has 2 saturated heterocycles. The van der Waals surface area contributed by atoms with E-state index in [0.29, 0.717) is 12.6 Å². The second-order valence-electron chi connectivity index (χ2n) is 5.42. The van der Waals surface area contributed by atoms with Crippen LogP contribution in [-0.2, 0) is 4.79 Å². The number of piperazine rings is 1. The molecule has 0 unspecified atom stereocenters. The van der Waals surface area contributed by atoms with Crippen molar-refractivity contribution in [1.29, 1.82) is 0 Å². The minimum atomic E-state index is 0.187. The lowest BCUT2D eigenvalue weighted by molar-refractivity contribution is -0.126. The Balaban J connectivity index is 1.65. The molecule has 2 heterocycles. The number of hydrogen-bond acceptors (Lipinski definition) is 3. The Hall–Kier alpha value is -0.610. The Labute approximate surface area is 98.0 Å². The molecular formula is C12H23N3O. The fraction of sp³-hybridized carbons (Fsp3) is 0.917. The van der Waals surface area contributed by atoms with Crippen LogP contribution in [0.25, 0.3) is 0 Å². The zero-order valence-electron chi connectivity index (χ0n) is 10.4. The third kappa shape index (κ3) is 2.95. The Morgan fingerprint density at radius 1 is 1.44 bits per heavy atom. The predicted octanol–water partition coefficient (Wildman–Crippen LogP) is 0.149. The summed E-state index contributed by atoms with van der Waals surface area (Å²) < 4.78 is 0. The summed E-state index contributed by atoms with van der Waals surface area (Å²) in [6.07, 6.45) is 1.28. The van der Waals surface area contributed by atoms with Crippen molar-refractivity contribution in [2.24, 2.45) is 5.92 Å². The molecule has 0 bridgehead atoms. The standard InChI is InChI=1S/C12H23N3O/c1-10(2)3-5-14-7-11(8-14)15-6-4-13-12(16)9-15/h10-11H,3-9H2,1-2H3,(H,13,16). The lowest BCUT2D eigenvalue weighted by Crippen LogP contribution is -2.63. The number of carbonyl (C=O) groups excluding carboxylic acids is 1. The van der Waals surface area contributed by atoms with Gasteiger partial charge in [-0.25, -0.2) is 0 Å². The Morgan fingerprint density at radius 3 is 2.81 bits per heavy atom. The van der Waals surface area contributed by atoms with Gasteiger partial charge in [0.2, 0.25) is 5.91 Å². The number of hydrogen-bond donors (Lipinski definition) is 1. The minimum Gasteiger partial charge on any atom is -0.354 e. The maximum Gasteiger partial charge on any atom is 0.234 e. The van der Waals surface area contributed by atoms with Crippen molar-refractivity contribution in [3.63, 3.8) is 0 Å². The normalized spacial score (nSPS) is 24.6. The highest BCUT2D eigenvalue weighted by molar-refractivity contribution is 5.78. The number of likely N-dealkylation sites (tertiary alicyclic amines) is 1. The Kier molecular flexibility index (Phi) is 3.82. The molecule has 4 heteroatoms. The van der Waals surface area contributed by atoms with Gasteiger partial charge in [-0.2, -0.15) is 0 Å². The summed E-state index contributed by atoms with van der Waals surface area (Å²) in [6, 6.07) is 0.623. The zero-order valence-corrected chi connectivity index (χ0v) is 10.4. The van der Waals surface area contributed by atoms with E-state index in [0.717, 1.165) is 32.1 Å². The van der Waals surface area contributed by atoms with E-state index >= 15 is 0 Å². The molecule has 4 nitrogen and oxygen atoms in total. The summed E-state index contributed by atoms with van der Waals surface area (Å²) in [5, 5.41) is 2.87. The number of nitrogens with one attached hydrogen (secondary N) is 1. The number of carbonyl (C=O) groups is 1. The van der Waals surface area contributed by atoms with Crippen LogP contribution in [0.3, 0.4) is 0 Å². The van der Waals surface area contributed by atoms with Crippen molar-refractivity contribution in [2.75, 3.05) is 39.3 Å². The van der Waals surface area contributed by atoms with Crippen LogP contribution >= 0.6 is 0 Å². The summed E-state index contributed by atoms with van der Waals surface area (Å²) in [7, 11) is 0. The third-order valence-electron chi connectivity index (χ3n) is 3.54. The van der Waals surface area contributed by atoms with E-state index in [2.05, 4.69) is 29.0 Å². The van der Waals surface area contributed by atoms with Gasteiger partial charge < -0.3 is 10.2 Å². The van der Waals surface area contributed by atoms with Crippen molar-refractivity contribution in [2.45, 2.75) is 26.3 Å². The van der Waals surface area contributed by atoms with Gasteiger partial charge in [0.25, 0.3) is 0 Å². The van der Waals surface area contributed by atoms with Crippen molar-refractivity contribution in [1.82, 2.24) is 15.1 Å². The van der Waals surface area contributed by atoms with Gasteiger partial charge in [0.05, 0.1) is 6.54 Å². The number of nitrogens with zero attached hydrogens (tertiary/aromatic N) is 2. The molecular weight excluding hydrogens is 202 g/mol. The maximum absolute atomic E-state index is 11.2. The number of rotatable bonds is 4. The molecule has 0 aromatic carbocycles. The largest absolute Gasteiger partial charge is 0.354 e. The van der Waals surface area contributed by atoms with E-state index in [4.69, 9.17) is 0 Å². The molecule has 1 N–H and O–H groups in total. The molecule has 0 spiro atoms. The van der Waals surface area contributed by atoms with E-state index in [-0.39, 0.29) is 5.91 Å². The summed E-state index contributed by atoms with van der Waals surface area (Å²) in [4.78, 5) is 16.1. The van der Waals surface area contributed by atoms with Crippen LogP contribution in [0, 0.1) is 5.92 Å². The summed E-state index contributed by atoms with van der Waals surface area (Å²) >= 11 is 0. The fourth-order valence-electron chi connectivity index (χ4n) is 2.37. The lowest BCUT2D eigenvalue weighted by Gasteiger charge is -2.46. The van der Waals surface area contributed by atoms with E-state index in [1.807, 2.05) is 0 Å². The first kappa shape index (κ1) is 11.9. The number of amides is 1. The SMILES string of the molecule is CC(C)CCN1CC(N2CCNC(=O)C2)C1. The highest BCUT2D eigenvalue weighted by Gasteiger charge is 2.33. The highest BCUT2D eigenvalue weighted by Crippen LogP contribution is 2.16. The second-order valence-corrected chi connectivity index (χ2v) is 5.42. The molecule has 0 saturated carbocycles. The molecule has 0 atom stereocenters. The first-order chi connectivity index (χ1) is 7.65. The van der Waals surface area contributed by atoms with Gasteiger partial charge in [0, 0.05) is 32.2 Å². The first-order valence-corrected chi connectivity index (χ1v) is 6.38. The smallest absolute Gasteiger partial charge is 0.234 e. The second kappa shape index (κ2) is 5.15. The topological polar surface area (TPSA) is 35.6 Å². The maximum atomic E-state index is 11.2. The van der Waals surface area contributed by atoms with Crippen molar-refractivity contribution >= 4 is 5.91 Å². The van der Waals surface area contributed by atoms with E-state index < -0.39 is 0 Å². The molecule has 2 fully saturated rings. The van der Waals surface area contributed by atoms with Crippen LogP contribution in [0.1, 0.15) is 20.3 Å². The van der Waals surface area contributed by atoms with Crippen LogP contribution in [0.15, 0.2) is 0 Å². The van der Waals surface area contributed by atoms with Crippen molar-refractivity contribution in [3.8, 4) is 0 Å². The Morgan fingerprint density at radius 2 is 2.19 bits per heavy atom. The average Bonchev–Trinajstić information content (AvgIpc) is 2.14. The van der Waals surface area contributed by atoms with Crippen molar-refractivity contribution in [3.05, 3.63) is 0 Å². The van der Waals surface area contributed by atoms with Crippen LogP contribution in [0.5, 0.6) is 0 Å². The minimum absolute atomic E-state index is 0.187. The van der Waals surface area contributed by atoms with Gasteiger partial charge >= 0.3 is 0 Å². The molecule has 2 rings (SSSR count). The molecule has 0 aliphatic carbocycles. The van der Waals surface area contributed by atoms with E-state index in [1.54, 1.807) is 0 Å². The quantitative estimate of drug-likeness (QED) is 0.740. The van der Waals surface area contributed by atoms with Gasteiger partial charge in [-0.3, -0.25) is 9.69 Å². The van der Waals surface area contributed by atoms with E-state index in [9.17, 15) is 4.79 Å². The van der Waals surface area contributed by atoms with Crippen LogP contribution in [0.4, 0.5) is 0 Å². The average molecular weight is 225 g/mol. The van der Waals surface area contributed by atoms with Gasteiger partial charge in [-0.05, 0) is 18.9 Å². The highest BCUT2D eigenvalue weighted by atomic mass is 16.2. The van der Waals surface area contributed by atoms with E-state index in [1.165, 1.54) is 13.0 Å². The summed E-state index contributed by atoms with van der Waals surface area (Å²) in [5.74, 6) is 0.978. The molecule has 1 amide bonds. The summed E-state index contributed by atoms with van der Waals surface area (Å²) in [6.45, 7) is 10.5. The molecule has 0 radical (unpaired) electrons. The van der Waals surface area contributed by atoms with Gasteiger partial charge in [-0.1, -0.05) is 13.8 Å². The van der Waals surface area contributed by atoms with Gasteiger partial charge in [0.1, 0.15) is 0 Å². The molecule has 16 heavy (non-hydrogen) atoms. The molecule has 2 aliphatic rings. The monoisotopic (exact) mass is 225 g/mol. The van der Waals surface area contributed by atoms with Crippen LogP contribution in [0.2, 0.25) is 0 Å². The summed E-state index contributed by atoms with van der Waals surface area (Å²) in [5.41, 5.74) is 0.